The lowest BCUT2D eigenvalue weighted by molar-refractivity contribution is -0.137. The van der Waals surface area contributed by atoms with Crippen LogP contribution in [0.1, 0.15) is 49.7 Å². The molecule has 1 aromatic carbocycles. The van der Waals surface area contributed by atoms with Crippen molar-refractivity contribution in [1.82, 2.24) is 10.6 Å². The molecule has 0 atom stereocenters. The molecule has 150 valence electrons. The summed E-state index contributed by atoms with van der Waals surface area (Å²) < 4.78 is 0. The van der Waals surface area contributed by atoms with Crippen LogP contribution in [0.15, 0.2) is 18.2 Å². The molecule has 0 bridgehead atoms. The Kier molecular flexibility index (Phi) is 8.38. The number of carboxylic acid groups (broad SMARTS) is 1. The largest absolute Gasteiger partial charge is 0.481 e. The van der Waals surface area contributed by atoms with Crippen molar-refractivity contribution in [2.75, 3.05) is 18.4 Å². The van der Waals surface area contributed by atoms with Gasteiger partial charge in [-0.1, -0.05) is 6.07 Å². The highest BCUT2D eigenvalue weighted by atomic mass is 35.5. The van der Waals surface area contributed by atoms with Gasteiger partial charge in [-0.15, -0.1) is 12.4 Å². The summed E-state index contributed by atoms with van der Waals surface area (Å²) in [6.45, 7) is 1.99. The Morgan fingerprint density at radius 3 is 2.48 bits per heavy atom. The lowest BCUT2D eigenvalue weighted by atomic mass is 9.83. The highest BCUT2D eigenvalue weighted by Gasteiger charge is 2.23. The number of amides is 2. The molecule has 1 aliphatic carbocycles. The fourth-order valence-electron chi connectivity index (χ4n) is 4.03. The van der Waals surface area contributed by atoms with Crippen LogP contribution in [0.5, 0.6) is 0 Å². The van der Waals surface area contributed by atoms with Gasteiger partial charge < -0.3 is 21.1 Å². The SMILES string of the molecule is Cl.O=C(O)CCC1CCC(NC(=O)Nc2ccc3c(c2)CCNCC3)CC1. The van der Waals surface area contributed by atoms with E-state index >= 15 is 0 Å². The van der Waals surface area contributed by atoms with E-state index in [0.717, 1.165) is 63.7 Å². The number of nitrogens with one attached hydrogen (secondary N) is 3. The molecule has 0 aromatic heterocycles. The zero-order valence-electron chi connectivity index (χ0n) is 15.6. The maximum atomic E-state index is 12.3. The molecule has 1 saturated carbocycles. The molecule has 6 nitrogen and oxygen atoms in total. The van der Waals surface area contributed by atoms with E-state index in [0.29, 0.717) is 5.92 Å². The predicted octanol–water partition coefficient (Wildman–Crippen LogP) is 3.34. The van der Waals surface area contributed by atoms with Crippen LogP contribution in [0.25, 0.3) is 0 Å². The Morgan fingerprint density at radius 1 is 1.07 bits per heavy atom. The van der Waals surface area contributed by atoms with Crippen molar-refractivity contribution in [2.45, 2.75) is 57.4 Å². The number of rotatable bonds is 5. The van der Waals surface area contributed by atoms with Crippen LogP contribution < -0.4 is 16.0 Å². The van der Waals surface area contributed by atoms with Gasteiger partial charge in [0.05, 0.1) is 0 Å². The molecule has 0 radical (unpaired) electrons. The quantitative estimate of drug-likeness (QED) is 0.615. The van der Waals surface area contributed by atoms with Gasteiger partial charge in [0.1, 0.15) is 0 Å². The Hall–Kier alpha value is -1.79. The third kappa shape index (κ3) is 6.70. The number of benzene rings is 1. The monoisotopic (exact) mass is 395 g/mol. The van der Waals surface area contributed by atoms with Crippen molar-refractivity contribution in [3.05, 3.63) is 29.3 Å². The number of aliphatic carboxylic acids is 1. The maximum Gasteiger partial charge on any atom is 0.319 e. The summed E-state index contributed by atoms with van der Waals surface area (Å²) in [6.07, 6.45) is 6.85. The molecular weight excluding hydrogens is 366 g/mol. The molecule has 3 rings (SSSR count). The Balaban J connectivity index is 0.00000261. The minimum Gasteiger partial charge on any atom is -0.481 e. The van der Waals surface area contributed by atoms with Crippen molar-refractivity contribution >= 4 is 30.1 Å². The van der Waals surface area contributed by atoms with E-state index in [1.807, 2.05) is 6.07 Å². The number of anilines is 1. The molecule has 27 heavy (non-hydrogen) atoms. The molecule has 0 saturated heterocycles. The van der Waals surface area contributed by atoms with Crippen molar-refractivity contribution in [3.8, 4) is 0 Å². The van der Waals surface area contributed by atoms with E-state index in [1.54, 1.807) is 0 Å². The lowest BCUT2D eigenvalue weighted by Crippen LogP contribution is -2.40. The van der Waals surface area contributed by atoms with E-state index in [1.165, 1.54) is 11.1 Å². The zero-order valence-corrected chi connectivity index (χ0v) is 16.4. The van der Waals surface area contributed by atoms with Crippen LogP contribution in [-0.2, 0) is 17.6 Å². The van der Waals surface area contributed by atoms with E-state index in [-0.39, 0.29) is 30.9 Å². The first kappa shape index (κ1) is 21.5. The summed E-state index contributed by atoms with van der Waals surface area (Å²) in [6, 6.07) is 6.22. The molecule has 0 unspecified atom stereocenters. The number of carbonyl (C=O) groups is 2. The standard InChI is InChI=1S/C20H29N3O3.ClH/c24-19(25)8-3-14-1-5-17(6-2-14)22-20(26)23-18-7-4-15-9-11-21-12-10-16(15)13-18;/h4,7,13-14,17,21H,1-3,5-6,8-12H2,(H,24,25)(H2,22,23,26);1H. The van der Waals surface area contributed by atoms with E-state index in [2.05, 4.69) is 28.1 Å². The van der Waals surface area contributed by atoms with Gasteiger partial charge >= 0.3 is 12.0 Å². The summed E-state index contributed by atoms with van der Waals surface area (Å²) in [5, 5.41) is 18.2. The summed E-state index contributed by atoms with van der Waals surface area (Å²) in [5.74, 6) is -0.244. The molecule has 2 aliphatic rings. The minimum atomic E-state index is -0.721. The second-order valence-corrected chi connectivity index (χ2v) is 7.48. The highest BCUT2D eigenvalue weighted by molar-refractivity contribution is 5.89. The number of fused-ring (bicyclic) bond motifs is 1. The zero-order chi connectivity index (χ0) is 18.4. The summed E-state index contributed by atoms with van der Waals surface area (Å²) in [5.41, 5.74) is 3.52. The third-order valence-corrected chi connectivity index (χ3v) is 5.55. The molecule has 1 aliphatic heterocycles. The van der Waals surface area contributed by atoms with Gasteiger partial charge in [-0.25, -0.2) is 4.79 Å². The Morgan fingerprint density at radius 2 is 1.78 bits per heavy atom. The molecule has 2 amide bonds. The van der Waals surface area contributed by atoms with Crippen LogP contribution >= 0.6 is 12.4 Å². The molecule has 1 fully saturated rings. The number of urea groups is 1. The fraction of sp³-hybridized carbons (Fsp3) is 0.600. The summed E-state index contributed by atoms with van der Waals surface area (Å²) in [4.78, 5) is 23.0. The van der Waals surface area contributed by atoms with E-state index in [9.17, 15) is 9.59 Å². The minimum absolute atomic E-state index is 0. The number of carbonyl (C=O) groups excluding carboxylic acids is 1. The van der Waals surface area contributed by atoms with Crippen molar-refractivity contribution in [3.63, 3.8) is 0 Å². The van der Waals surface area contributed by atoms with Crippen LogP contribution in [0.2, 0.25) is 0 Å². The first-order valence-electron chi connectivity index (χ1n) is 9.72. The lowest BCUT2D eigenvalue weighted by Gasteiger charge is -2.28. The van der Waals surface area contributed by atoms with Gasteiger partial charge in [0.25, 0.3) is 0 Å². The molecule has 1 aromatic rings. The Bertz CT molecular complexity index is 645. The average Bonchev–Trinajstić information content (AvgIpc) is 2.86. The molecular formula is C20H30ClN3O3. The van der Waals surface area contributed by atoms with Crippen LogP contribution in [-0.4, -0.2) is 36.2 Å². The number of carboxylic acids is 1. The van der Waals surface area contributed by atoms with Gasteiger partial charge in [0.15, 0.2) is 0 Å². The van der Waals surface area contributed by atoms with Crippen molar-refractivity contribution in [1.29, 1.82) is 0 Å². The van der Waals surface area contributed by atoms with Crippen LogP contribution in [0.4, 0.5) is 10.5 Å². The van der Waals surface area contributed by atoms with Gasteiger partial charge in [0.2, 0.25) is 0 Å². The van der Waals surface area contributed by atoms with Crippen molar-refractivity contribution in [2.24, 2.45) is 5.92 Å². The smallest absolute Gasteiger partial charge is 0.319 e. The second-order valence-electron chi connectivity index (χ2n) is 7.48. The maximum absolute atomic E-state index is 12.3. The fourth-order valence-corrected chi connectivity index (χ4v) is 4.03. The summed E-state index contributed by atoms with van der Waals surface area (Å²) >= 11 is 0. The highest BCUT2D eigenvalue weighted by Crippen LogP contribution is 2.28. The molecule has 0 spiro atoms. The number of hydrogen-bond donors (Lipinski definition) is 4. The normalized spacial score (nSPS) is 21.9. The van der Waals surface area contributed by atoms with Crippen LogP contribution in [0, 0.1) is 5.92 Å². The third-order valence-electron chi connectivity index (χ3n) is 5.55. The molecule has 1 heterocycles. The average molecular weight is 396 g/mol. The van der Waals surface area contributed by atoms with Gasteiger partial charge in [-0.05, 0) is 87.2 Å². The molecule has 4 N–H and O–H groups in total. The Labute approximate surface area is 166 Å². The first-order chi connectivity index (χ1) is 12.6. The van der Waals surface area contributed by atoms with Crippen LogP contribution in [0.3, 0.4) is 0 Å². The summed E-state index contributed by atoms with van der Waals surface area (Å²) in [7, 11) is 0. The van der Waals surface area contributed by atoms with Gasteiger partial charge in [-0.3, -0.25) is 4.79 Å². The van der Waals surface area contributed by atoms with Gasteiger partial charge in [-0.2, -0.15) is 0 Å². The van der Waals surface area contributed by atoms with Gasteiger partial charge in [0, 0.05) is 18.2 Å². The topological polar surface area (TPSA) is 90.5 Å². The van der Waals surface area contributed by atoms with E-state index < -0.39 is 5.97 Å². The van der Waals surface area contributed by atoms with Crippen molar-refractivity contribution < 1.29 is 14.7 Å². The first-order valence-corrected chi connectivity index (χ1v) is 9.72. The molecule has 7 heteroatoms. The number of hydrogen-bond acceptors (Lipinski definition) is 3. The predicted molar refractivity (Wildman–Crippen MR) is 109 cm³/mol. The number of halogens is 1. The van der Waals surface area contributed by atoms with E-state index in [4.69, 9.17) is 5.11 Å². The second kappa shape index (κ2) is 10.5.